The van der Waals surface area contributed by atoms with Gasteiger partial charge in [0.2, 0.25) is 0 Å². The summed E-state index contributed by atoms with van der Waals surface area (Å²) in [6.07, 6.45) is 0. The van der Waals surface area contributed by atoms with Gasteiger partial charge in [0.05, 0.1) is 22.5 Å². The van der Waals surface area contributed by atoms with Gasteiger partial charge in [0, 0.05) is 21.9 Å². The molecule has 0 unspecified atom stereocenters. The highest BCUT2D eigenvalue weighted by Crippen LogP contribution is 2.30. The number of aryl methyl sites for hydroxylation is 1. The summed E-state index contributed by atoms with van der Waals surface area (Å²) in [5.41, 5.74) is 7.48. The van der Waals surface area contributed by atoms with Gasteiger partial charge in [-0.3, -0.25) is 10.1 Å². The van der Waals surface area contributed by atoms with Crippen LogP contribution >= 0.6 is 11.3 Å². The van der Waals surface area contributed by atoms with Gasteiger partial charge in [-0.15, -0.1) is 11.3 Å². The van der Waals surface area contributed by atoms with E-state index >= 15 is 0 Å². The number of hydrogen-bond donors (Lipinski definition) is 1. The van der Waals surface area contributed by atoms with Crippen LogP contribution in [0.2, 0.25) is 0 Å². The number of carbonyl (C=O) groups excluding carboxylic acids is 1. The second kappa shape index (κ2) is 9.20. The van der Waals surface area contributed by atoms with E-state index in [1.54, 1.807) is 0 Å². The van der Waals surface area contributed by atoms with Gasteiger partial charge in [0.1, 0.15) is 0 Å². The molecule has 3 aromatic carbocycles. The van der Waals surface area contributed by atoms with Gasteiger partial charge in [-0.2, -0.15) is 0 Å². The highest BCUT2D eigenvalue weighted by molar-refractivity contribution is 7.14. The summed E-state index contributed by atoms with van der Waals surface area (Å²) in [4.78, 5) is 22.9. The number of nitrogens with one attached hydrogen (secondary N) is 1. The van der Waals surface area contributed by atoms with Crippen molar-refractivity contribution in [2.24, 2.45) is 0 Å². The first-order valence-electron chi connectivity index (χ1n) is 11.3. The van der Waals surface area contributed by atoms with Gasteiger partial charge >= 0.3 is 0 Å². The van der Waals surface area contributed by atoms with E-state index < -0.39 is 0 Å². The first-order valence-corrected chi connectivity index (χ1v) is 12.2. The number of rotatable bonds is 5. The van der Waals surface area contributed by atoms with Crippen molar-refractivity contribution >= 4 is 33.3 Å². The third kappa shape index (κ3) is 4.35. The third-order valence-electron chi connectivity index (χ3n) is 5.98. The Hall–Kier alpha value is -3.83. The Kier molecular flexibility index (Phi) is 5.95. The van der Waals surface area contributed by atoms with Crippen LogP contribution in [-0.2, 0) is 0 Å². The Morgan fingerprint density at radius 3 is 2.38 bits per heavy atom. The summed E-state index contributed by atoms with van der Waals surface area (Å²) in [6.45, 7) is 6.41. The Morgan fingerprint density at radius 1 is 0.882 bits per heavy atom. The van der Waals surface area contributed by atoms with Crippen LogP contribution < -0.4 is 5.32 Å². The molecule has 168 valence electrons. The van der Waals surface area contributed by atoms with E-state index in [2.05, 4.69) is 61.4 Å². The molecule has 5 aromatic rings. The van der Waals surface area contributed by atoms with Crippen molar-refractivity contribution in [3.05, 3.63) is 101 Å². The molecule has 34 heavy (non-hydrogen) atoms. The van der Waals surface area contributed by atoms with Crippen molar-refractivity contribution in [1.82, 2.24) is 9.97 Å². The van der Waals surface area contributed by atoms with Crippen LogP contribution in [0.5, 0.6) is 0 Å². The first-order chi connectivity index (χ1) is 16.5. The normalized spacial score (nSPS) is 11.2. The maximum Gasteiger partial charge on any atom is 0.258 e. The van der Waals surface area contributed by atoms with Crippen LogP contribution in [0.15, 0.2) is 84.2 Å². The van der Waals surface area contributed by atoms with E-state index in [0.29, 0.717) is 16.6 Å². The number of thiazole rings is 1. The number of benzene rings is 3. The largest absolute Gasteiger partial charge is 0.298 e. The van der Waals surface area contributed by atoms with Crippen molar-refractivity contribution in [3.63, 3.8) is 0 Å². The van der Waals surface area contributed by atoms with Crippen LogP contribution in [0.1, 0.15) is 41.3 Å². The number of aromatic nitrogens is 2. The lowest BCUT2D eigenvalue weighted by Crippen LogP contribution is -2.13. The lowest BCUT2D eigenvalue weighted by Gasteiger charge is -2.11. The standard InChI is InChI=1S/C29H25N3OS/c1-18(2)20-12-14-21(15-13-20)27-17-34-29(31-27)32-28(33)24-16-26(22-9-5-4-8-19(22)3)30-25-11-7-6-10-23(24)25/h4-18H,1-3H3,(H,31,32,33). The van der Waals surface area contributed by atoms with Crippen molar-refractivity contribution in [2.75, 3.05) is 5.32 Å². The maximum absolute atomic E-state index is 13.4. The summed E-state index contributed by atoms with van der Waals surface area (Å²) in [5, 5.41) is 6.37. The minimum absolute atomic E-state index is 0.190. The molecule has 0 spiro atoms. The molecule has 0 atom stereocenters. The fourth-order valence-electron chi connectivity index (χ4n) is 4.03. The first kappa shape index (κ1) is 22.0. The van der Waals surface area contributed by atoms with Gasteiger partial charge in [0.25, 0.3) is 5.91 Å². The van der Waals surface area contributed by atoms with Gasteiger partial charge in [-0.1, -0.05) is 80.6 Å². The molecule has 4 nitrogen and oxygen atoms in total. The number of para-hydroxylation sites is 1. The van der Waals surface area contributed by atoms with Gasteiger partial charge in [0.15, 0.2) is 5.13 Å². The summed E-state index contributed by atoms with van der Waals surface area (Å²) in [6, 6.07) is 26.1. The van der Waals surface area contributed by atoms with Crippen LogP contribution in [-0.4, -0.2) is 15.9 Å². The van der Waals surface area contributed by atoms with Crippen LogP contribution in [0.4, 0.5) is 5.13 Å². The van der Waals surface area contributed by atoms with E-state index in [1.807, 2.05) is 53.9 Å². The second-order valence-corrected chi connectivity index (χ2v) is 9.51. The monoisotopic (exact) mass is 463 g/mol. The lowest BCUT2D eigenvalue weighted by atomic mass is 10.0. The quantitative estimate of drug-likeness (QED) is 0.290. The summed E-state index contributed by atoms with van der Waals surface area (Å²) >= 11 is 1.43. The third-order valence-corrected chi connectivity index (χ3v) is 6.74. The summed E-state index contributed by atoms with van der Waals surface area (Å²) in [5.74, 6) is 0.295. The minimum Gasteiger partial charge on any atom is -0.298 e. The van der Waals surface area contributed by atoms with Crippen molar-refractivity contribution in [3.8, 4) is 22.5 Å². The Balaban J connectivity index is 1.47. The molecule has 5 rings (SSSR count). The fraction of sp³-hybridized carbons (Fsp3) is 0.138. The van der Waals surface area contributed by atoms with E-state index in [4.69, 9.17) is 4.98 Å². The molecule has 0 aliphatic heterocycles. The van der Waals surface area contributed by atoms with Gasteiger partial charge in [-0.05, 0) is 36.1 Å². The lowest BCUT2D eigenvalue weighted by molar-refractivity contribution is 0.102. The van der Waals surface area contributed by atoms with Crippen molar-refractivity contribution in [1.29, 1.82) is 0 Å². The van der Waals surface area contributed by atoms with Crippen molar-refractivity contribution < 1.29 is 4.79 Å². The molecule has 1 amide bonds. The van der Waals surface area contributed by atoms with Crippen LogP contribution in [0.3, 0.4) is 0 Å². The number of carbonyl (C=O) groups is 1. The predicted molar refractivity (Wildman–Crippen MR) is 142 cm³/mol. The Morgan fingerprint density at radius 2 is 1.62 bits per heavy atom. The molecular weight excluding hydrogens is 438 g/mol. The molecule has 0 radical (unpaired) electrons. The molecular formula is C29H25N3OS. The SMILES string of the molecule is Cc1ccccc1-c1cc(C(=O)Nc2nc(-c3ccc(C(C)C)cc3)cs2)c2ccccc2n1. The summed E-state index contributed by atoms with van der Waals surface area (Å²) in [7, 11) is 0. The molecule has 0 bridgehead atoms. The van der Waals surface area contributed by atoms with E-state index in [9.17, 15) is 4.79 Å². The highest BCUT2D eigenvalue weighted by Gasteiger charge is 2.16. The molecule has 0 fully saturated rings. The fourth-order valence-corrected chi connectivity index (χ4v) is 4.74. The average Bonchev–Trinajstić information content (AvgIpc) is 3.32. The molecule has 0 aliphatic rings. The molecule has 0 saturated carbocycles. The Bertz CT molecular complexity index is 1490. The minimum atomic E-state index is -0.190. The van der Waals surface area contributed by atoms with E-state index in [-0.39, 0.29) is 5.91 Å². The van der Waals surface area contributed by atoms with Crippen LogP contribution in [0.25, 0.3) is 33.4 Å². The zero-order valence-electron chi connectivity index (χ0n) is 19.4. The maximum atomic E-state index is 13.4. The highest BCUT2D eigenvalue weighted by atomic mass is 32.1. The number of pyridine rings is 1. The van der Waals surface area contributed by atoms with E-state index in [1.165, 1.54) is 16.9 Å². The van der Waals surface area contributed by atoms with E-state index in [0.717, 1.165) is 39.0 Å². The van der Waals surface area contributed by atoms with Crippen LogP contribution in [0, 0.1) is 6.92 Å². The molecule has 2 heterocycles. The van der Waals surface area contributed by atoms with Gasteiger partial charge in [-0.25, -0.2) is 9.97 Å². The molecule has 0 aliphatic carbocycles. The smallest absolute Gasteiger partial charge is 0.258 e. The number of anilines is 1. The predicted octanol–water partition coefficient (Wildman–Crippen LogP) is 7.71. The number of nitrogens with zero attached hydrogens (tertiary/aromatic N) is 2. The zero-order valence-corrected chi connectivity index (χ0v) is 20.2. The molecule has 5 heteroatoms. The molecule has 1 N–H and O–H groups in total. The Labute approximate surface area is 203 Å². The zero-order chi connectivity index (χ0) is 23.7. The van der Waals surface area contributed by atoms with Gasteiger partial charge < -0.3 is 0 Å². The second-order valence-electron chi connectivity index (χ2n) is 8.66. The topological polar surface area (TPSA) is 54.9 Å². The molecule has 0 saturated heterocycles. The number of hydrogen-bond acceptors (Lipinski definition) is 4. The number of amides is 1. The number of fused-ring (bicyclic) bond motifs is 1. The molecule has 2 aromatic heterocycles. The summed E-state index contributed by atoms with van der Waals surface area (Å²) < 4.78 is 0. The van der Waals surface area contributed by atoms with Crippen molar-refractivity contribution in [2.45, 2.75) is 26.7 Å². The average molecular weight is 464 g/mol.